The van der Waals surface area contributed by atoms with Crippen LogP contribution in [0.15, 0.2) is 24.5 Å². The fourth-order valence-corrected chi connectivity index (χ4v) is 3.89. The van der Waals surface area contributed by atoms with Crippen molar-refractivity contribution in [2.45, 2.75) is 31.9 Å². The molecule has 1 aromatic heterocycles. The van der Waals surface area contributed by atoms with Gasteiger partial charge in [-0.3, -0.25) is 14.7 Å². The quantitative estimate of drug-likeness (QED) is 0.893. The molecule has 3 aliphatic rings. The van der Waals surface area contributed by atoms with E-state index in [1.54, 1.807) is 0 Å². The van der Waals surface area contributed by atoms with Crippen LogP contribution in [0.2, 0.25) is 0 Å². The van der Waals surface area contributed by atoms with Gasteiger partial charge in [0.15, 0.2) is 0 Å². The number of aromatic nitrogens is 1. The number of nitrogens with one attached hydrogen (secondary N) is 1. The lowest BCUT2D eigenvalue weighted by atomic mass is 9.84. The van der Waals surface area contributed by atoms with Gasteiger partial charge in [0.25, 0.3) is 0 Å². The zero-order chi connectivity index (χ0) is 15.6. The molecule has 4 rings (SSSR count). The van der Waals surface area contributed by atoms with E-state index in [2.05, 4.69) is 27.3 Å². The lowest BCUT2D eigenvalue weighted by Gasteiger charge is -2.36. The zero-order valence-electron chi connectivity index (χ0n) is 13.5. The lowest BCUT2D eigenvalue weighted by Crippen LogP contribution is -2.45. The molecule has 1 aromatic rings. The summed E-state index contributed by atoms with van der Waals surface area (Å²) in [7, 11) is 0. The number of pyridine rings is 1. The van der Waals surface area contributed by atoms with Gasteiger partial charge in [-0.1, -0.05) is 0 Å². The summed E-state index contributed by atoms with van der Waals surface area (Å²) in [6.45, 7) is 4.72. The summed E-state index contributed by atoms with van der Waals surface area (Å²) in [5, 5.41) is 3.09. The molecule has 0 radical (unpaired) electrons. The van der Waals surface area contributed by atoms with Crippen molar-refractivity contribution in [3.63, 3.8) is 0 Å². The molecule has 0 aromatic carbocycles. The number of carbonyl (C=O) groups is 1. The van der Waals surface area contributed by atoms with Gasteiger partial charge in [0.2, 0.25) is 5.91 Å². The Labute approximate surface area is 137 Å². The normalized spacial score (nSPS) is 30.9. The second-order valence-corrected chi connectivity index (χ2v) is 7.19. The van der Waals surface area contributed by atoms with Crippen LogP contribution in [0.3, 0.4) is 0 Å². The first-order valence-corrected chi connectivity index (χ1v) is 8.80. The van der Waals surface area contributed by atoms with E-state index in [1.807, 2.05) is 12.4 Å². The average molecular weight is 315 g/mol. The molecule has 1 N–H and O–H groups in total. The highest BCUT2D eigenvalue weighted by Gasteiger charge is 2.41. The third-order valence-corrected chi connectivity index (χ3v) is 5.47. The van der Waals surface area contributed by atoms with E-state index in [1.165, 1.54) is 12.0 Å². The number of ether oxygens (including phenoxy) is 1. The summed E-state index contributed by atoms with van der Waals surface area (Å²) in [5.41, 5.74) is 1.32. The molecule has 124 valence electrons. The molecule has 5 heteroatoms. The van der Waals surface area contributed by atoms with Gasteiger partial charge in [0.1, 0.15) is 0 Å². The molecule has 0 unspecified atom stereocenters. The van der Waals surface area contributed by atoms with E-state index < -0.39 is 0 Å². The maximum absolute atomic E-state index is 11.8. The second-order valence-electron chi connectivity index (χ2n) is 7.19. The van der Waals surface area contributed by atoms with Crippen molar-refractivity contribution in [1.29, 1.82) is 0 Å². The van der Waals surface area contributed by atoms with Crippen molar-refractivity contribution in [3.05, 3.63) is 30.1 Å². The fourth-order valence-electron chi connectivity index (χ4n) is 3.89. The minimum atomic E-state index is 0.183. The van der Waals surface area contributed by atoms with Crippen LogP contribution in [0.5, 0.6) is 0 Å². The third kappa shape index (κ3) is 3.56. The van der Waals surface area contributed by atoms with Gasteiger partial charge in [-0.2, -0.15) is 0 Å². The maximum atomic E-state index is 11.8. The van der Waals surface area contributed by atoms with Gasteiger partial charge < -0.3 is 10.1 Å². The molecule has 23 heavy (non-hydrogen) atoms. The Morgan fingerprint density at radius 1 is 1.30 bits per heavy atom. The average Bonchev–Trinajstić information content (AvgIpc) is 3.35. The number of likely N-dealkylation sites (tertiary alicyclic amines) is 1. The van der Waals surface area contributed by atoms with Crippen LogP contribution in [0.25, 0.3) is 0 Å². The van der Waals surface area contributed by atoms with E-state index in [-0.39, 0.29) is 17.9 Å². The zero-order valence-corrected chi connectivity index (χ0v) is 13.5. The molecule has 1 saturated carbocycles. The Balaban J connectivity index is 1.32. The van der Waals surface area contributed by atoms with E-state index in [9.17, 15) is 4.79 Å². The second kappa shape index (κ2) is 6.57. The molecule has 3 heterocycles. The predicted octanol–water partition coefficient (Wildman–Crippen LogP) is 1.44. The fraction of sp³-hybridized carbons (Fsp3) is 0.667. The maximum Gasteiger partial charge on any atom is 0.223 e. The molecule has 2 saturated heterocycles. The monoisotopic (exact) mass is 315 g/mol. The van der Waals surface area contributed by atoms with Gasteiger partial charge in [-0.25, -0.2) is 0 Å². The van der Waals surface area contributed by atoms with Gasteiger partial charge in [0.05, 0.1) is 12.7 Å². The van der Waals surface area contributed by atoms with E-state index in [0.29, 0.717) is 18.4 Å². The van der Waals surface area contributed by atoms with Crippen molar-refractivity contribution in [2.75, 3.05) is 26.2 Å². The summed E-state index contributed by atoms with van der Waals surface area (Å²) < 4.78 is 6.00. The molecular formula is C18H25N3O2. The van der Waals surface area contributed by atoms with Gasteiger partial charge in [-0.05, 0) is 49.4 Å². The number of carbonyl (C=O) groups excluding carboxylic acids is 1. The van der Waals surface area contributed by atoms with E-state index >= 15 is 0 Å². The topological polar surface area (TPSA) is 54.5 Å². The molecule has 0 spiro atoms. The smallest absolute Gasteiger partial charge is 0.223 e. The van der Waals surface area contributed by atoms with Crippen LogP contribution in [0, 0.1) is 17.8 Å². The van der Waals surface area contributed by atoms with Gasteiger partial charge in [0, 0.05) is 43.9 Å². The number of amides is 1. The number of piperidine rings is 1. The van der Waals surface area contributed by atoms with Crippen molar-refractivity contribution < 1.29 is 9.53 Å². The number of rotatable bonds is 5. The standard InChI is InChI=1S/C18H25N3O2/c22-18(14-1-2-14)20-9-17-16-11-21(8-5-15(16)12-23-17)10-13-3-6-19-7-4-13/h3-4,6-7,14-17H,1-2,5,8-12H2,(H,20,22)/t15-,16-,17+/m0/s1. The predicted molar refractivity (Wildman–Crippen MR) is 86.6 cm³/mol. The molecule has 2 aliphatic heterocycles. The molecule has 5 nitrogen and oxygen atoms in total. The van der Waals surface area contributed by atoms with Crippen LogP contribution in [0.1, 0.15) is 24.8 Å². The summed E-state index contributed by atoms with van der Waals surface area (Å²) >= 11 is 0. The Hall–Kier alpha value is -1.46. The number of hydrogen-bond acceptors (Lipinski definition) is 4. The van der Waals surface area contributed by atoms with Crippen LogP contribution >= 0.6 is 0 Å². The summed E-state index contributed by atoms with van der Waals surface area (Å²) in [6.07, 6.45) is 7.21. The number of fused-ring (bicyclic) bond motifs is 1. The van der Waals surface area contributed by atoms with Crippen molar-refractivity contribution in [2.24, 2.45) is 17.8 Å². The Bertz CT molecular complexity index is 546. The molecule has 1 aliphatic carbocycles. The van der Waals surface area contributed by atoms with E-state index in [4.69, 9.17) is 4.74 Å². The van der Waals surface area contributed by atoms with E-state index in [0.717, 1.165) is 39.1 Å². The highest BCUT2D eigenvalue weighted by molar-refractivity contribution is 5.80. The van der Waals surface area contributed by atoms with Gasteiger partial charge in [-0.15, -0.1) is 0 Å². The van der Waals surface area contributed by atoms with Crippen LogP contribution < -0.4 is 5.32 Å². The molecule has 0 bridgehead atoms. The number of hydrogen-bond donors (Lipinski definition) is 1. The SMILES string of the molecule is O=C(NC[C@H]1OC[C@@H]2CCN(Cc3ccncc3)C[C@@H]21)C1CC1. The number of nitrogens with zero attached hydrogens (tertiary/aromatic N) is 2. The molecule has 3 atom stereocenters. The minimum absolute atomic E-state index is 0.183. The van der Waals surface area contributed by atoms with Crippen LogP contribution in [0.4, 0.5) is 0 Å². The molecule has 1 amide bonds. The minimum Gasteiger partial charge on any atom is -0.376 e. The van der Waals surface area contributed by atoms with Crippen molar-refractivity contribution in [1.82, 2.24) is 15.2 Å². The summed E-state index contributed by atoms with van der Waals surface area (Å²) in [4.78, 5) is 18.4. The van der Waals surface area contributed by atoms with Crippen LogP contribution in [-0.2, 0) is 16.1 Å². The first-order valence-electron chi connectivity index (χ1n) is 8.80. The van der Waals surface area contributed by atoms with Crippen molar-refractivity contribution >= 4 is 5.91 Å². The molecular weight excluding hydrogens is 290 g/mol. The highest BCUT2D eigenvalue weighted by Crippen LogP contribution is 2.35. The lowest BCUT2D eigenvalue weighted by molar-refractivity contribution is -0.122. The third-order valence-electron chi connectivity index (χ3n) is 5.47. The summed E-state index contributed by atoms with van der Waals surface area (Å²) in [5.74, 6) is 1.71. The molecule has 3 fully saturated rings. The largest absolute Gasteiger partial charge is 0.376 e. The first kappa shape index (κ1) is 15.1. The Morgan fingerprint density at radius 3 is 2.91 bits per heavy atom. The van der Waals surface area contributed by atoms with Crippen LogP contribution in [-0.4, -0.2) is 48.1 Å². The van der Waals surface area contributed by atoms with Crippen molar-refractivity contribution in [3.8, 4) is 0 Å². The first-order chi connectivity index (χ1) is 11.3. The Kier molecular flexibility index (Phi) is 4.31. The summed E-state index contributed by atoms with van der Waals surface area (Å²) in [6, 6.07) is 4.18. The highest BCUT2D eigenvalue weighted by atomic mass is 16.5. The van der Waals surface area contributed by atoms with Gasteiger partial charge >= 0.3 is 0 Å². The Morgan fingerprint density at radius 2 is 2.13 bits per heavy atom.